The molecule has 0 radical (unpaired) electrons. The van der Waals surface area contributed by atoms with Crippen LogP contribution in [0.25, 0.3) is 21.5 Å². The highest BCUT2D eigenvalue weighted by Crippen LogP contribution is 2.43. The first-order valence-corrected chi connectivity index (χ1v) is 8.35. The molecule has 0 amide bonds. The summed E-state index contributed by atoms with van der Waals surface area (Å²) in [6, 6.07) is 7.73. The van der Waals surface area contributed by atoms with Crippen LogP contribution in [0.2, 0.25) is 0 Å². The summed E-state index contributed by atoms with van der Waals surface area (Å²) in [4.78, 5) is 10.4. The number of benzene rings is 1. The molecule has 1 aliphatic carbocycles. The number of hydrogen-bond acceptors (Lipinski definition) is 5. The van der Waals surface area contributed by atoms with E-state index in [0.29, 0.717) is 12.5 Å². The van der Waals surface area contributed by atoms with Gasteiger partial charge in [-0.15, -0.1) is 11.3 Å². The minimum absolute atomic E-state index is 0.614. The van der Waals surface area contributed by atoms with Crippen molar-refractivity contribution in [2.24, 2.45) is 0 Å². The summed E-state index contributed by atoms with van der Waals surface area (Å²) in [6.07, 6.45) is 4.46. The summed E-state index contributed by atoms with van der Waals surface area (Å²) < 4.78 is 5.79. The molecule has 2 heterocycles. The van der Waals surface area contributed by atoms with Crippen molar-refractivity contribution in [3.8, 4) is 16.3 Å². The molecular formula is C17H17N3OS. The van der Waals surface area contributed by atoms with Crippen LogP contribution >= 0.6 is 11.3 Å². The number of pyridine rings is 1. The molecule has 1 aliphatic rings. The monoisotopic (exact) mass is 311 g/mol. The van der Waals surface area contributed by atoms with Crippen molar-refractivity contribution in [2.75, 3.05) is 12.3 Å². The van der Waals surface area contributed by atoms with Gasteiger partial charge in [0.15, 0.2) is 0 Å². The first kappa shape index (κ1) is 13.5. The van der Waals surface area contributed by atoms with Crippen molar-refractivity contribution in [3.05, 3.63) is 35.5 Å². The summed E-state index contributed by atoms with van der Waals surface area (Å²) >= 11 is 1.74. The lowest BCUT2D eigenvalue weighted by atomic mass is 10.1. The Morgan fingerprint density at radius 3 is 2.95 bits per heavy atom. The minimum atomic E-state index is 0.614. The summed E-state index contributed by atoms with van der Waals surface area (Å²) in [6.45, 7) is 2.60. The van der Waals surface area contributed by atoms with Gasteiger partial charge in [0.25, 0.3) is 0 Å². The molecule has 0 spiro atoms. The molecule has 1 aromatic carbocycles. The van der Waals surface area contributed by atoms with E-state index in [0.717, 1.165) is 32.9 Å². The van der Waals surface area contributed by atoms with Crippen LogP contribution in [0.5, 0.6) is 5.75 Å². The topological polar surface area (TPSA) is 61.0 Å². The lowest BCUT2D eigenvalue weighted by Gasteiger charge is -2.10. The largest absolute Gasteiger partial charge is 0.493 e. The molecule has 2 aromatic heterocycles. The number of nitrogens with zero attached hydrogens (tertiary/aromatic N) is 2. The standard InChI is InChI=1S/C17H17N3OS/c1-2-21-15-8-14(16-9-19-17(22-16)10-3-4-10)20-13-6-5-11(18)7-12(13)15/h5-10H,2-4,18H2,1H3. The van der Waals surface area contributed by atoms with Gasteiger partial charge in [0.2, 0.25) is 0 Å². The molecule has 4 rings (SSSR count). The fraction of sp³-hybridized carbons (Fsp3) is 0.294. The maximum absolute atomic E-state index is 5.89. The van der Waals surface area contributed by atoms with Crippen LogP contribution in [0.4, 0.5) is 5.69 Å². The van der Waals surface area contributed by atoms with Crippen LogP contribution in [0.1, 0.15) is 30.7 Å². The van der Waals surface area contributed by atoms with Crippen molar-refractivity contribution < 1.29 is 4.74 Å². The maximum atomic E-state index is 5.89. The van der Waals surface area contributed by atoms with E-state index in [2.05, 4.69) is 4.98 Å². The zero-order chi connectivity index (χ0) is 15.1. The summed E-state index contributed by atoms with van der Waals surface area (Å²) in [7, 11) is 0. The average Bonchev–Trinajstić information content (AvgIpc) is 3.25. The number of hydrogen-bond donors (Lipinski definition) is 1. The highest BCUT2D eigenvalue weighted by atomic mass is 32.1. The second kappa shape index (κ2) is 5.25. The van der Waals surface area contributed by atoms with Crippen molar-refractivity contribution in [1.29, 1.82) is 0 Å². The smallest absolute Gasteiger partial charge is 0.130 e. The van der Waals surface area contributed by atoms with Crippen LogP contribution in [-0.2, 0) is 0 Å². The van der Waals surface area contributed by atoms with Gasteiger partial charge in [0.1, 0.15) is 5.75 Å². The van der Waals surface area contributed by atoms with E-state index < -0.39 is 0 Å². The van der Waals surface area contributed by atoms with Gasteiger partial charge < -0.3 is 10.5 Å². The van der Waals surface area contributed by atoms with Crippen LogP contribution in [0.3, 0.4) is 0 Å². The van der Waals surface area contributed by atoms with Gasteiger partial charge >= 0.3 is 0 Å². The van der Waals surface area contributed by atoms with E-state index in [1.165, 1.54) is 17.8 Å². The second-order valence-electron chi connectivity index (χ2n) is 5.55. The zero-order valence-corrected chi connectivity index (χ0v) is 13.2. The molecular weight excluding hydrogens is 294 g/mol. The van der Waals surface area contributed by atoms with E-state index >= 15 is 0 Å². The predicted molar refractivity (Wildman–Crippen MR) is 90.4 cm³/mol. The number of anilines is 1. The molecule has 0 bridgehead atoms. The normalized spacial score (nSPS) is 14.4. The Balaban J connectivity index is 1.84. The third-order valence-corrected chi connectivity index (χ3v) is 4.98. The first-order valence-electron chi connectivity index (χ1n) is 7.54. The first-order chi connectivity index (χ1) is 10.7. The molecule has 22 heavy (non-hydrogen) atoms. The molecule has 0 unspecified atom stereocenters. The van der Waals surface area contributed by atoms with Gasteiger partial charge in [0.05, 0.1) is 27.7 Å². The van der Waals surface area contributed by atoms with E-state index in [9.17, 15) is 0 Å². The van der Waals surface area contributed by atoms with E-state index in [4.69, 9.17) is 15.5 Å². The summed E-state index contributed by atoms with van der Waals surface area (Å²) in [5.41, 5.74) is 8.43. The molecule has 3 aromatic rings. The molecule has 1 fully saturated rings. The fourth-order valence-corrected chi connectivity index (χ4v) is 3.59. The Labute approximate surface area is 133 Å². The lowest BCUT2D eigenvalue weighted by Crippen LogP contribution is -1.96. The molecule has 5 heteroatoms. The number of nitrogen functional groups attached to an aromatic ring is 1. The lowest BCUT2D eigenvalue weighted by molar-refractivity contribution is 0.344. The summed E-state index contributed by atoms with van der Waals surface area (Å²) in [5, 5.41) is 2.18. The van der Waals surface area contributed by atoms with Crippen LogP contribution < -0.4 is 10.5 Å². The van der Waals surface area contributed by atoms with E-state index in [1.807, 2.05) is 37.4 Å². The number of fused-ring (bicyclic) bond motifs is 1. The van der Waals surface area contributed by atoms with Crippen molar-refractivity contribution in [1.82, 2.24) is 9.97 Å². The SMILES string of the molecule is CCOc1cc(-c2cnc(C3CC3)s2)nc2ccc(N)cc12. The summed E-state index contributed by atoms with van der Waals surface area (Å²) in [5.74, 6) is 1.50. The number of thiazole rings is 1. The Morgan fingerprint density at radius 2 is 2.18 bits per heavy atom. The van der Waals surface area contributed by atoms with Gasteiger partial charge in [-0.25, -0.2) is 9.97 Å². The average molecular weight is 311 g/mol. The molecule has 4 nitrogen and oxygen atoms in total. The van der Waals surface area contributed by atoms with Gasteiger partial charge in [-0.05, 0) is 38.0 Å². The maximum Gasteiger partial charge on any atom is 0.130 e. The Bertz CT molecular complexity index is 839. The van der Waals surface area contributed by atoms with Crippen LogP contribution in [-0.4, -0.2) is 16.6 Å². The fourth-order valence-electron chi connectivity index (χ4n) is 2.54. The number of rotatable bonds is 4. The van der Waals surface area contributed by atoms with Crippen molar-refractivity contribution in [3.63, 3.8) is 0 Å². The van der Waals surface area contributed by atoms with Gasteiger partial charge in [-0.1, -0.05) is 0 Å². The van der Waals surface area contributed by atoms with E-state index in [1.54, 1.807) is 11.3 Å². The van der Waals surface area contributed by atoms with Crippen LogP contribution in [0.15, 0.2) is 30.5 Å². The number of ether oxygens (including phenoxy) is 1. The van der Waals surface area contributed by atoms with Crippen LogP contribution in [0, 0.1) is 0 Å². The predicted octanol–water partition coefficient (Wildman–Crippen LogP) is 4.22. The molecule has 112 valence electrons. The van der Waals surface area contributed by atoms with Crippen molar-refractivity contribution >= 4 is 27.9 Å². The quantitative estimate of drug-likeness (QED) is 0.733. The molecule has 0 saturated heterocycles. The molecule has 0 aliphatic heterocycles. The Morgan fingerprint density at radius 1 is 1.32 bits per heavy atom. The Kier molecular flexibility index (Phi) is 3.22. The highest BCUT2D eigenvalue weighted by molar-refractivity contribution is 7.15. The zero-order valence-electron chi connectivity index (χ0n) is 12.4. The molecule has 0 atom stereocenters. The molecule has 2 N–H and O–H groups in total. The third-order valence-electron chi connectivity index (χ3n) is 3.80. The minimum Gasteiger partial charge on any atom is -0.493 e. The van der Waals surface area contributed by atoms with Gasteiger partial charge in [-0.3, -0.25) is 0 Å². The number of aromatic nitrogens is 2. The van der Waals surface area contributed by atoms with Crippen molar-refractivity contribution in [2.45, 2.75) is 25.7 Å². The van der Waals surface area contributed by atoms with E-state index in [-0.39, 0.29) is 0 Å². The third kappa shape index (κ3) is 2.41. The number of nitrogens with two attached hydrogens (primary N) is 1. The molecule has 1 saturated carbocycles. The van der Waals surface area contributed by atoms with Gasteiger partial charge in [0, 0.05) is 29.3 Å². The second-order valence-corrected chi connectivity index (χ2v) is 6.61. The van der Waals surface area contributed by atoms with Gasteiger partial charge in [-0.2, -0.15) is 0 Å². The Hall–Kier alpha value is -2.14. The highest BCUT2D eigenvalue weighted by Gasteiger charge is 2.27.